The van der Waals surface area contributed by atoms with Crippen molar-refractivity contribution < 1.29 is 0 Å². The fourth-order valence-electron chi connectivity index (χ4n) is 1.14. The summed E-state index contributed by atoms with van der Waals surface area (Å²) < 4.78 is 4.68. The number of thiophene rings is 2. The second kappa shape index (κ2) is 5.31. The highest BCUT2D eigenvalue weighted by Gasteiger charge is 2.11. The van der Waals surface area contributed by atoms with E-state index in [0.717, 1.165) is 14.0 Å². The molecule has 2 heterocycles. The molecule has 6 heteroatoms. The second-order valence-corrected chi connectivity index (χ2v) is 9.56. The molecule has 0 fully saturated rings. The largest absolute Gasteiger partial charge is 0.132 e. The topological polar surface area (TPSA) is 0 Å². The third-order valence-electron chi connectivity index (χ3n) is 1.78. The Hall–Kier alpha value is 1.32. The Kier molecular flexibility index (Phi) is 4.52. The summed E-state index contributed by atoms with van der Waals surface area (Å²) in [4.78, 5) is 2.69. The van der Waals surface area contributed by atoms with Crippen LogP contribution in [0.5, 0.6) is 0 Å². The molecule has 0 saturated heterocycles. The predicted molar refractivity (Wildman–Crippen MR) is 82.2 cm³/mol. The van der Waals surface area contributed by atoms with Gasteiger partial charge in [0, 0.05) is 25.1 Å². The number of hydrogen-bond donors (Lipinski definition) is 0. The Morgan fingerprint density at radius 3 is 1.47 bits per heavy atom. The molecule has 80 valence electrons. The van der Waals surface area contributed by atoms with Crippen molar-refractivity contribution in [1.29, 1.82) is 0 Å². The summed E-state index contributed by atoms with van der Waals surface area (Å²) in [5.74, 6) is 0. The zero-order valence-corrected chi connectivity index (χ0v) is 15.2. The summed E-state index contributed by atoms with van der Waals surface area (Å²) >= 11 is 17.6. The van der Waals surface area contributed by atoms with Crippen molar-refractivity contribution in [2.45, 2.75) is 6.42 Å². The van der Waals surface area contributed by atoms with E-state index in [-0.39, 0.29) is 0 Å². The average molecular weight is 496 g/mol. The first-order valence-electron chi connectivity index (χ1n) is 3.93. The Morgan fingerprint density at radius 2 is 1.20 bits per heavy atom. The van der Waals surface area contributed by atoms with Crippen LogP contribution in [0.2, 0.25) is 0 Å². The molecule has 2 rings (SSSR count). The van der Waals surface area contributed by atoms with Gasteiger partial charge >= 0.3 is 0 Å². The van der Waals surface area contributed by atoms with Crippen molar-refractivity contribution in [2.24, 2.45) is 0 Å². The number of rotatable bonds is 2. The highest BCUT2D eigenvalue weighted by Crippen LogP contribution is 2.37. The molecule has 0 nitrogen and oxygen atoms in total. The fraction of sp³-hybridized carbons (Fsp3) is 0.111. The van der Waals surface area contributed by atoms with Gasteiger partial charge in [-0.1, -0.05) is 0 Å². The molecule has 0 aromatic carbocycles. The number of hydrogen-bond acceptors (Lipinski definition) is 2. The van der Waals surface area contributed by atoms with Crippen molar-refractivity contribution in [3.8, 4) is 0 Å². The van der Waals surface area contributed by atoms with Crippen molar-refractivity contribution >= 4 is 86.4 Å². The molecule has 0 unspecified atom stereocenters. The normalized spacial score (nSPS) is 10.9. The molecule has 2 aromatic heterocycles. The third kappa shape index (κ3) is 3.16. The van der Waals surface area contributed by atoms with Crippen LogP contribution < -0.4 is 0 Å². The standard InChI is InChI=1S/C9H4Br4S2/c10-4-1-8(12)14-6(4)3-7-5(11)2-9(13)15-7/h1-2H,3H2. The lowest BCUT2D eigenvalue weighted by Crippen LogP contribution is -1.80. The van der Waals surface area contributed by atoms with Crippen LogP contribution in [0.4, 0.5) is 0 Å². The van der Waals surface area contributed by atoms with E-state index in [1.54, 1.807) is 22.7 Å². The zero-order chi connectivity index (χ0) is 11.0. The van der Waals surface area contributed by atoms with Crippen LogP contribution in [-0.2, 0) is 6.42 Å². The molecule has 0 spiro atoms. The summed E-state index contributed by atoms with van der Waals surface area (Å²) in [6.07, 6.45) is 0.966. The molecule has 0 radical (unpaired) electrons. The van der Waals surface area contributed by atoms with Gasteiger partial charge in [0.05, 0.1) is 7.57 Å². The minimum atomic E-state index is 0.966. The Morgan fingerprint density at radius 1 is 0.800 bits per heavy atom. The van der Waals surface area contributed by atoms with Crippen LogP contribution in [-0.4, -0.2) is 0 Å². The van der Waals surface area contributed by atoms with Gasteiger partial charge < -0.3 is 0 Å². The number of halogens is 4. The first-order chi connectivity index (χ1) is 7.06. The second-order valence-electron chi connectivity index (χ2n) is 2.82. The Bertz CT molecular complexity index is 442. The van der Waals surface area contributed by atoms with Gasteiger partial charge in [-0.05, 0) is 75.9 Å². The van der Waals surface area contributed by atoms with Gasteiger partial charge in [-0.15, -0.1) is 22.7 Å². The zero-order valence-electron chi connectivity index (χ0n) is 7.19. The maximum absolute atomic E-state index is 3.56. The smallest absolute Gasteiger partial charge is 0.0713 e. The monoisotopic (exact) mass is 492 g/mol. The SMILES string of the molecule is Brc1cc(Br)c(Cc2sc(Br)cc2Br)s1. The van der Waals surface area contributed by atoms with Crippen molar-refractivity contribution in [1.82, 2.24) is 0 Å². The van der Waals surface area contributed by atoms with E-state index in [4.69, 9.17) is 0 Å². The van der Waals surface area contributed by atoms with Gasteiger partial charge in [0.25, 0.3) is 0 Å². The van der Waals surface area contributed by atoms with Gasteiger partial charge in [0.2, 0.25) is 0 Å². The Balaban J connectivity index is 2.29. The van der Waals surface area contributed by atoms with E-state index in [9.17, 15) is 0 Å². The minimum absolute atomic E-state index is 0.966. The lowest BCUT2D eigenvalue weighted by molar-refractivity contribution is 1.28. The summed E-state index contributed by atoms with van der Waals surface area (Å²) in [7, 11) is 0. The molecular weight excluding hydrogens is 492 g/mol. The molecule has 0 N–H and O–H groups in total. The lowest BCUT2D eigenvalue weighted by Gasteiger charge is -1.96. The van der Waals surface area contributed by atoms with Crippen molar-refractivity contribution in [3.63, 3.8) is 0 Å². The molecule has 0 saturated carbocycles. The average Bonchev–Trinajstić information content (AvgIpc) is 2.58. The highest BCUT2D eigenvalue weighted by molar-refractivity contribution is 9.12. The molecule has 0 bridgehead atoms. The lowest BCUT2D eigenvalue weighted by atomic mass is 10.3. The molecular formula is C9H4Br4S2. The third-order valence-corrected chi connectivity index (χ3v) is 6.99. The molecule has 0 aliphatic carbocycles. The van der Waals surface area contributed by atoms with E-state index in [1.807, 2.05) is 0 Å². The summed E-state index contributed by atoms with van der Waals surface area (Å²) in [6.45, 7) is 0. The highest BCUT2D eigenvalue weighted by atomic mass is 79.9. The van der Waals surface area contributed by atoms with Gasteiger partial charge in [-0.3, -0.25) is 0 Å². The first kappa shape index (κ1) is 12.8. The van der Waals surface area contributed by atoms with Crippen molar-refractivity contribution in [3.05, 3.63) is 38.4 Å². The molecule has 15 heavy (non-hydrogen) atoms. The minimum Gasteiger partial charge on any atom is -0.132 e. The van der Waals surface area contributed by atoms with Crippen LogP contribution in [0, 0.1) is 0 Å². The van der Waals surface area contributed by atoms with Crippen LogP contribution in [0.3, 0.4) is 0 Å². The Labute approximate surface area is 130 Å². The molecule has 0 atom stereocenters. The van der Waals surface area contributed by atoms with Crippen LogP contribution in [0.15, 0.2) is 28.7 Å². The molecule has 2 aromatic rings. The predicted octanol–water partition coefficient (Wildman–Crippen LogP) is 6.45. The van der Waals surface area contributed by atoms with Gasteiger partial charge in [0.15, 0.2) is 0 Å². The van der Waals surface area contributed by atoms with E-state index in [2.05, 4.69) is 75.9 Å². The maximum atomic E-state index is 3.56. The maximum Gasteiger partial charge on any atom is 0.0713 e. The van der Waals surface area contributed by atoms with Crippen LogP contribution in [0.25, 0.3) is 0 Å². The van der Waals surface area contributed by atoms with E-state index >= 15 is 0 Å². The summed E-state index contributed by atoms with van der Waals surface area (Å²) in [5, 5.41) is 0. The van der Waals surface area contributed by atoms with Crippen LogP contribution >= 0.6 is 86.4 Å². The molecule has 0 amide bonds. The van der Waals surface area contributed by atoms with Gasteiger partial charge in [-0.2, -0.15) is 0 Å². The molecule has 0 aliphatic heterocycles. The molecule has 0 aliphatic rings. The van der Waals surface area contributed by atoms with Crippen molar-refractivity contribution in [2.75, 3.05) is 0 Å². The van der Waals surface area contributed by atoms with E-state index in [0.29, 0.717) is 0 Å². The van der Waals surface area contributed by atoms with Gasteiger partial charge in [-0.25, -0.2) is 0 Å². The van der Waals surface area contributed by atoms with E-state index in [1.165, 1.54) is 18.7 Å². The first-order valence-corrected chi connectivity index (χ1v) is 8.74. The fourth-order valence-corrected chi connectivity index (χ4v) is 6.57. The van der Waals surface area contributed by atoms with Crippen LogP contribution in [0.1, 0.15) is 9.75 Å². The van der Waals surface area contributed by atoms with Gasteiger partial charge in [0.1, 0.15) is 0 Å². The quantitative estimate of drug-likeness (QED) is 0.449. The van der Waals surface area contributed by atoms with E-state index < -0.39 is 0 Å². The summed E-state index contributed by atoms with van der Waals surface area (Å²) in [5.41, 5.74) is 0. The summed E-state index contributed by atoms with van der Waals surface area (Å²) in [6, 6.07) is 4.19.